The van der Waals surface area contributed by atoms with Gasteiger partial charge in [0.2, 0.25) is 0 Å². The normalized spacial score (nSPS) is 11.9. The van der Waals surface area contributed by atoms with E-state index in [4.69, 9.17) is 11.1 Å². The van der Waals surface area contributed by atoms with Gasteiger partial charge in [-0.25, -0.2) is 13.4 Å². The smallest absolute Gasteiger partial charge is 0.262 e. The van der Waals surface area contributed by atoms with Crippen molar-refractivity contribution >= 4 is 15.9 Å². The minimum absolute atomic E-state index is 0.0295. The quantitative estimate of drug-likeness (QED) is 0.532. The molecule has 0 saturated carbocycles. The van der Waals surface area contributed by atoms with E-state index >= 15 is 0 Å². The molecule has 0 radical (unpaired) electrons. The van der Waals surface area contributed by atoms with Crippen LogP contribution in [-0.4, -0.2) is 41.2 Å². The van der Waals surface area contributed by atoms with Crippen molar-refractivity contribution in [2.45, 2.75) is 11.9 Å². The number of aromatic nitrogens is 2. The summed E-state index contributed by atoms with van der Waals surface area (Å²) in [6, 6.07) is 0. The van der Waals surface area contributed by atoms with E-state index in [2.05, 4.69) is 4.98 Å². The zero-order valence-electron chi connectivity index (χ0n) is 9.21. The second-order valence-corrected chi connectivity index (χ2v) is 5.22. The average Bonchev–Trinajstić information content (AvgIpc) is 2.61. The summed E-state index contributed by atoms with van der Waals surface area (Å²) in [6.07, 6.45) is 2.83. The highest BCUT2D eigenvalue weighted by Crippen LogP contribution is 2.11. The Labute approximate surface area is 94.4 Å². The Morgan fingerprint density at radius 1 is 1.69 bits per heavy atom. The number of nitrogens with two attached hydrogens (primary N) is 1. The number of sulfonamides is 1. The molecule has 16 heavy (non-hydrogen) atoms. The van der Waals surface area contributed by atoms with E-state index in [1.165, 1.54) is 12.5 Å². The molecule has 0 fully saturated rings. The molecule has 90 valence electrons. The molecule has 7 nitrogen and oxygen atoms in total. The van der Waals surface area contributed by atoms with Gasteiger partial charge < -0.3 is 10.3 Å². The summed E-state index contributed by atoms with van der Waals surface area (Å²) in [5, 5.41) is 7.09. The molecule has 0 spiro atoms. The summed E-state index contributed by atoms with van der Waals surface area (Å²) in [5.41, 5.74) is 5.20. The maximum absolute atomic E-state index is 12.0. The van der Waals surface area contributed by atoms with E-state index < -0.39 is 10.0 Å². The van der Waals surface area contributed by atoms with Crippen molar-refractivity contribution in [2.24, 2.45) is 12.8 Å². The summed E-state index contributed by atoms with van der Waals surface area (Å²) in [7, 11) is -1.96. The molecule has 1 aromatic rings. The molecule has 1 rings (SSSR count). The van der Waals surface area contributed by atoms with Crippen LogP contribution in [0.5, 0.6) is 0 Å². The Balaban J connectivity index is 3.04. The predicted molar refractivity (Wildman–Crippen MR) is 59.6 cm³/mol. The van der Waals surface area contributed by atoms with Crippen molar-refractivity contribution in [3.63, 3.8) is 0 Å². The number of hydrogen-bond acceptors (Lipinski definition) is 4. The zero-order valence-corrected chi connectivity index (χ0v) is 10.0. The van der Waals surface area contributed by atoms with E-state index in [9.17, 15) is 8.42 Å². The Kier molecular flexibility index (Phi) is 3.66. The van der Waals surface area contributed by atoms with E-state index in [1.807, 2.05) is 0 Å². The molecule has 0 aliphatic rings. The van der Waals surface area contributed by atoms with E-state index in [1.54, 1.807) is 18.5 Å². The van der Waals surface area contributed by atoms with Gasteiger partial charge >= 0.3 is 0 Å². The van der Waals surface area contributed by atoms with Gasteiger partial charge in [0.15, 0.2) is 5.03 Å². The van der Waals surface area contributed by atoms with Crippen molar-refractivity contribution in [1.29, 1.82) is 5.41 Å². The van der Waals surface area contributed by atoms with E-state index in [-0.39, 0.29) is 24.0 Å². The van der Waals surface area contributed by atoms with Crippen molar-refractivity contribution in [3.05, 3.63) is 12.5 Å². The summed E-state index contributed by atoms with van der Waals surface area (Å²) in [6.45, 7) is 1.82. The van der Waals surface area contributed by atoms with Gasteiger partial charge in [0.05, 0.1) is 12.9 Å². The Bertz CT molecular complexity index is 478. The molecule has 0 aromatic carbocycles. The molecule has 3 N–H and O–H groups in total. The first-order chi connectivity index (χ1) is 7.37. The third-order valence-corrected chi connectivity index (χ3v) is 3.79. The van der Waals surface area contributed by atoms with Crippen LogP contribution in [0.15, 0.2) is 17.6 Å². The van der Waals surface area contributed by atoms with Crippen LogP contribution in [0.3, 0.4) is 0 Å². The molecule has 0 saturated heterocycles. The minimum atomic E-state index is -3.64. The highest BCUT2D eigenvalue weighted by molar-refractivity contribution is 7.89. The number of amidine groups is 1. The van der Waals surface area contributed by atoms with Gasteiger partial charge in [0.25, 0.3) is 10.0 Å². The molecule has 0 aliphatic heterocycles. The average molecular weight is 245 g/mol. The maximum Gasteiger partial charge on any atom is 0.262 e. The predicted octanol–water partition coefficient (Wildman–Crippen LogP) is -0.633. The SMILES string of the molecule is CCN(CC(=N)N)S(=O)(=O)c1cn(C)cn1. The summed E-state index contributed by atoms with van der Waals surface area (Å²) in [4.78, 5) is 3.79. The fourth-order valence-corrected chi connectivity index (χ4v) is 2.60. The van der Waals surface area contributed by atoms with Crippen LogP contribution in [-0.2, 0) is 17.1 Å². The Morgan fingerprint density at radius 2 is 2.31 bits per heavy atom. The van der Waals surface area contributed by atoms with Crippen LogP contribution in [0.25, 0.3) is 0 Å². The number of nitrogens with zero attached hydrogens (tertiary/aromatic N) is 3. The Morgan fingerprint density at radius 3 is 2.69 bits per heavy atom. The first kappa shape index (κ1) is 12.7. The van der Waals surface area contributed by atoms with Crippen molar-refractivity contribution in [1.82, 2.24) is 13.9 Å². The topological polar surface area (TPSA) is 105 Å². The molecule has 1 heterocycles. The lowest BCUT2D eigenvalue weighted by Crippen LogP contribution is -2.38. The molecule has 0 unspecified atom stereocenters. The molecular formula is C8H15N5O2S. The summed E-state index contributed by atoms with van der Waals surface area (Å²) >= 11 is 0. The lowest BCUT2D eigenvalue weighted by atomic mass is 10.6. The van der Waals surface area contributed by atoms with Crippen molar-refractivity contribution in [3.8, 4) is 0 Å². The number of aryl methyl sites for hydroxylation is 1. The van der Waals surface area contributed by atoms with Crippen LogP contribution in [0.1, 0.15) is 6.92 Å². The molecule has 8 heteroatoms. The molecule has 0 atom stereocenters. The fourth-order valence-electron chi connectivity index (χ4n) is 1.21. The molecular weight excluding hydrogens is 230 g/mol. The number of rotatable bonds is 5. The molecule has 0 amide bonds. The summed E-state index contributed by atoms with van der Waals surface area (Å²) in [5.74, 6) is -0.193. The molecule has 1 aromatic heterocycles. The van der Waals surface area contributed by atoms with Crippen LogP contribution in [0.2, 0.25) is 0 Å². The van der Waals surface area contributed by atoms with Crippen LogP contribution < -0.4 is 5.73 Å². The Hall–Kier alpha value is -1.41. The minimum Gasteiger partial charge on any atom is -0.387 e. The van der Waals surface area contributed by atoms with E-state index in [0.29, 0.717) is 0 Å². The highest BCUT2D eigenvalue weighted by atomic mass is 32.2. The van der Waals surface area contributed by atoms with Gasteiger partial charge in [-0.05, 0) is 0 Å². The third-order valence-electron chi connectivity index (χ3n) is 1.98. The number of hydrogen-bond donors (Lipinski definition) is 2. The summed E-state index contributed by atoms with van der Waals surface area (Å²) < 4.78 is 26.7. The fraction of sp³-hybridized carbons (Fsp3) is 0.500. The van der Waals surface area contributed by atoms with Crippen LogP contribution >= 0.6 is 0 Å². The van der Waals surface area contributed by atoms with Crippen LogP contribution in [0.4, 0.5) is 0 Å². The van der Waals surface area contributed by atoms with Crippen LogP contribution in [0, 0.1) is 5.41 Å². The third kappa shape index (κ3) is 2.58. The van der Waals surface area contributed by atoms with Crippen molar-refractivity contribution < 1.29 is 8.42 Å². The first-order valence-electron chi connectivity index (χ1n) is 4.69. The van der Waals surface area contributed by atoms with Gasteiger partial charge in [0, 0.05) is 19.8 Å². The second kappa shape index (κ2) is 4.62. The van der Waals surface area contributed by atoms with Gasteiger partial charge in [0.1, 0.15) is 5.84 Å². The lowest BCUT2D eigenvalue weighted by molar-refractivity contribution is 0.463. The van der Waals surface area contributed by atoms with Gasteiger partial charge in [-0.2, -0.15) is 4.31 Å². The van der Waals surface area contributed by atoms with Gasteiger partial charge in [-0.15, -0.1) is 0 Å². The van der Waals surface area contributed by atoms with Gasteiger partial charge in [-0.1, -0.05) is 6.92 Å². The lowest BCUT2D eigenvalue weighted by Gasteiger charge is -2.17. The molecule has 0 bridgehead atoms. The largest absolute Gasteiger partial charge is 0.387 e. The van der Waals surface area contributed by atoms with Gasteiger partial charge in [-0.3, -0.25) is 5.41 Å². The first-order valence-corrected chi connectivity index (χ1v) is 6.13. The maximum atomic E-state index is 12.0. The second-order valence-electron chi connectivity index (χ2n) is 3.33. The monoisotopic (exact) mass is 245 g/mol. The van der Waals surface area contributed by atoms with E-state index in [0.717, 1.165) is 4.31 Å². The van der Waals surface area contributed by atoms with Crippen molar-refractivity contribution in [2.75, 3.05) is 13.1 Å². The number of imidazole rings is 1. The molecule has 0 aliphatic carbocycles. The number of likely N-dealkylation sites (N-methyl/N-ethyl adjacent to an activating group) is 1. The standard InChI is InChI=1S/C8H15N5O2S/c1-3-13(4-7(9)10)16(14,15)8-5-12(2)6-11-8/h5-6H,3-4H2,1-2H3,(H3,9,10). The zero-order chi connectivity index (χ0) is 12.3. The highest BCUT2D eigenvalue weighted by Gasteiger charge is 2.25. The number of nitrogens with one attached hydrogen (secondary N) is 1.